The van der Waals surface area contributed by atoms with Gasteiger partial charge in [-0.2, -0.15) is 0 Å². The van der Waals surface area contributed by atoms with E-state index in [-0.39, 0.29) is 0 Å². The zero-order valence-electron chi connectivity index (χ0n) is 6.24. The van der Waals surface area contributed by atoms with Crippen LogP contribution in [0, 0.1) is 0 Å². The number of rotatable bonds is 1. The van der Waals surface area contributed by atoms with Gasteiger partial charge in [0.25, 0.3) is 0 Å². The van der Waals surface area contributed by atoms with Crippen molar-refractivity contribution in [3.8, 4) is 10.7 Å². The molecule has 13 heavy (non-hydrogen) atoms. The highest BCUT2D eigenvalue weighted by molar-refractivity contribution is 9.10. The summed E-state index contributed by atoms with van der Waals surface area (Å²) in [5, 5.41) is 8.31. The summed E-state index contributed by atoms with van der Waals surface area (Å²) in [5.74, 6) is 0. The van der Waals surface area contributed by atoms with Crippen molar-refractivity contribution in [2.24, 2.45) is 0 Å². The molecule has 0 amide bonds. The lowest BCUT2D eigenvalue weighted by Crippen LogP contribution is -1.81. The van der Waals surface area contributed by atoms with Crippen LogP contribution in [0.3, 0.4) is 0 Å². The van der Waals surface area contributed by atoms with E-state index in [1.165, 1.54) is 11.3 Å². The maximum atomic E-state index is 5.66. The average Bonchev–Trinajstić information content (AvgIpc) is 2.52. The fraction of sp³-hybridized carbons (Fsp3) is 0. The summed E-state index contributed by atoms with van der Waals surface area (Å²) in [6.45, 7) is 0. The van der Waals surface area contributed by atoms with Crippen LogP contribution in [0.25, 0.3) is 10.7 Å². The molecular formula is C7H3BrClN3S. The fourth-order valence-corrected chi connectivity index (χ4v) is 1.96. The van der Waals surface area contributed by atoms with Gasteiger partial charge in [-0.1, -0.05) is 27.3 Å². The van der Waals surface area contributed by atoms with Crippen LogP contribution >= 0.6 is 38.9 Å². The highest BCUT2D eigenvalue weighted by atomic mass is 79.9. The Morgan fingerprint density at radius 1 is 1.38 bits per heavy atom. The molecule has 0 fully saturated rings. The van der Waals surface area contributed by atoms with Crippen molar-refractivity contribution < 1.29 is 0 Å². The number of pyridine rings is 1. The minimum absolute atomic E-state index is 0.428. The molecular weight excluding hydrogens is 274 g/mol. The maximum absolute atomic E-state index is 5.66. The highest BCUT2D eigenvalue weighted by Crippen LogP contribution is 2.25. The zero-order chi connectivity index (χ0) is 9.26. The SMILES string of the molecule is Clc1nnc(-c2cc(Br)ccn2)s1. The van der Waals surface area contributed by atoms with Gasteiger partial charge in [0.1, 0.15) is 5.69 Å². The molecule has 6 heteroatoms. The molecule has 66 valence electrons. The second-order valence-electron chi connectivity index (χ2n) is 2.22. The molecule has 0 saturated heterocycles. The molecule has 2 heterocycles. The van der Waals surface area contributed by atoms with Crippen molar-refractivity contribution in [2.75, 3.05) is 0 Å². The molecule has 0 aliphatic rings. The Labute approximate surface area is 91.9 Å². The summed E-state index contributed by atoms with van der Waals surface area (Å²) >= 11 is 10.3. The molecule has 0 spiro atoms. The Bertz CT molecular complexity index is 431. The van der Waals surface area contributed by atoms with Crippen LogP contribution in [0.15, 0.2) is 22.8 Å². The predicted octanol–water partition coefficient (Wildman–Crippen LogP) is 3.02. The van der Waals surface area contributed by atoms with E-state index in [2.05, 4.69) is 31.1 Å². The van der Waals surface area contributed by atoms with Gasteiger partial charge < -0.3 is 0 Å². The lowest BCUT2D eigenvalue weighted by atomic mass is 10.4. The number of hydrogen-bond acceptors (Lipinski definition) is 4. The molecule has 0 N–H and O–H groups in total. The van der Waals surface area contributed by atoms with E-state index in [9.17, 15) is 0 Å². The predicted molar refractivity (Wildman–Crippen MR) is 55.9 cm³/mol. The first-order valence-corrected chi connectivity index (χ1v) is 5.35. The fourth-order valence-electron chi connectivity index (χ4n) is 0.831. The number of aromatic nitrogens is 3. The largest absolute Gasteiger partial charge is 0.254 e. The molecule has 0 aliphatic carbocycles. The summed E-state index contributed by atoms with van der Waals surface area (Å²) in [7, 11) is 0. The Balaban J connectivity index is 2.46. The average molecular weight is 277 g/mol. The van der Waals surface area contributed by atoms with Crippen molar-refractivity contribution in [3.63, 3.8) is 0 Å². The maximum Gasteiger partial charge on any atom is 0.207 e. The Hall–Kier alpha value is -0.520. The van der Waals surface area contributed by atoms with E-state index < -0.39 is 0 Å². The molecule has 3 nitrogen and oxygen atoms in total. The quantitative estimate of drug-likeness (QED) is 0.803. The molecule has 0 saturated carbocycles. The van der Waals surface area contributed by atoms with Gasteiger partial charge in [-0.25, -0.2) is 0 Å². The Morgan fingerprint density at radius 2 is 2.23 bits per heavy atom. The van der Waals surface area contributed by atoms with E-state index in [4.69, 9.17) is 11.6 Å². The Morgan fingerprint density at radius 3 is 2.85 bits per heavy atom. The van der Waals surface area contributed by atoms with Crippen LogP contribution in [-0.2, 0) is 0 Å². The Kier molecular flexibility index (Phi) is 2.57. The summed E-state index contributed by atoms with van der Waals surface area (Å²) in [5.41, 5.74) is 0.777. The van der Waals surface area contributed by atoms with Crippen LogP contribution in [0.2, 0.25) is 4.47 Å². The van der Waals surface area contributed by atoms with E-state index >= 15 is 0 Å². The van der Waals surface area contributed by atoms with Gasteiger partial charge in [0.15, 0.2) is 5.01 Å². The van der Waals surface area contributed by atoms with Gasteiger partial charge in [-0.15, -0.1) is 10.2 Å². The van der Waals surface area contributed by atoms with Crippen molar-refractivity contribution in [1.29, 1.82) is 0 Å². The molecule has 2 aromatic rings. The van der Waals surface area contributed by atoms with Crippen LogP contribution < -0.4 is 0 Å². The smallest absolute Gasteiger partial charge is 0.207 e. The molecule has 0 radical (unpaired) electrons. The molecule has 2 aromatic heterocycles. The highest BCUT2D eigenvalue weighted by Gasteiger charge is 2.05. The van der Waals surface area contributed by atoms with E-state index in [0.29, 0.717) is 4.47 Å². The third kappa shape index (κ3) is 2.04. The first kappa shape index (κ1) is 9.05. The second kappa shape index (κ2) is 3.69. The van der Waals surface area contributed by atoms with E-state index in [1.54, 1.807) is 6.20 Å². The molecule has 0 aliphatic heterocycles. The third-order valence-corrected chi connectivity index (χ3v) is 2.88. The van der Waals surface area contributed by atoms with Crippen molar-refractivity contribution in [2.45, 2.75) is 0 Å². The number of halogens is 2. The first-order valence-electron chi connectivity index (χ1n) is 3.36. The summed E-state index contributed by atoms with van der Waals surface area (Å²) in [6.07, 6.45) is 1.70. The monoisotopic (exact) mass is 275 g/mol. The van der Waals surface area contributed by atoms with Crippen LogP contribution in [0.4, 0.5) is 0 Å². The molecule has 0 bridgehead atoms. The summed E-state index contributed by atoms with van der Waals surface area (Å²) in [4.78, 5) is 4.14. The van der Waals surface area contributed by atoms with Gasteiger partial charge >= 0.3 is 0 Å². The van der Waals surface area contributed by atoms with Gasteiger partial charge in [0.05, 0.1) is 0 Å². The third-order valence-electron chi connectivity index (χ3n) is 1.34. The van der Waals surface area contributed by atoms with Gasteiger partial charge in [-0.3, -0.25) is 4.98 Å². The van der Waals surface area contributed by atoms with Gasteiger partial charge in [0, 0.05) is 10.7 Å². The molecule has 0 aromatic carbocycles. The van der Waals surface area contributed by atoms with Gasteiger partial charge in [-0.05, 0) is 23.7 Å². The molecule has 0 atom stereocenters. The lowest BCUT2D eigenvalue weighted by molar-refractivity contribution is 1.09. The van der Waals surface area contributed by atoms with E-state index in [1.807, 2.05) is 12.1 Å². The summed E-state index contributed by atoms with van der Waals surface area (Å²) in [6, 6.07) is 3.73. The van der Waals surface area contributed by atoms with Crippen LogP contribution in [0.1, 0.15) is 0 Å². The minimum Gasteiger partial charge on any atom is -0.254 e. The number of hydrogen-bond donors (Lipinski definition) is 0. The van der Waals surface area contributed by atoms with Crippen molar-refractivity contribution >= 4 is 38.9 Å². The summed E-state index contributed by atoms with van der Waals surface area (Å²) < 4.78 is 1.39. The standard InChI is InChI=1S/C7H3BrClN3S/c8-4-1-2-10-5(3-4)6-11-12-7(9)13-6/h1-3H. The van der Waals surface area contributed by atoms with Crippen LogP contribution in [0.5, 0.6) is 0 Å². The molecule has 0 unspecified atom stereocenters. The topological polar surface area (TPSA) is 38.7 Å². The van der Waals surface area contributed by atoms with E-state index in [0.717, 1.165) is 15.2 Å². The first-order chi connectivity index (χ1) is 6.25. The normalized spacial score (nSPS) is 10.3. The zero-order valence-corrected chi connectivity index (χ0v) is 9.40. The van der Waals surface area contributed by atoms with Crippen LogP contribution in [-0.4, -0.2) is 15.2 Å². The molecule has 2 rings (SSSR count). The lowest BCUT2D eigenvalue weighted by Gasteiger charge is -1.93. The van der Waals surface area contributed by atoms with Crippen molar-refractivity contribution in [1.82, 2.24) is 15.2 Å². The minimum atomic E-state index is 0.428. The second-order valence-corrected chi connectivity index (χ2v) is 4.69. The van der Waals surface area contributed by atoms with Gasteiger partial charge in [0.2, 0.25) is 4.47 Å². The van der Waals surface area contributed by atoms with Crippen molar-refractivity contribution in [3.05, 3.63) is 27.3 Å². The number of nitrogens with zero attached hydrogens (tertiary/aromatic N) is 3.